The molecule has 2 aromatic rings. The maximum atomic E-state index is 12.2. The van der Waals surface area contributed by atoms with Crippen LogP contribution in [0.25, 0.3) is 5.65 Å². The van der Waals surface area contributed by atoms with E-state index in [4.69, 9.17) is 22.1 Å². The number of aromatic nitrogens is 3. The van der Waals surface area contributed by atoms with Crippen molar-refractivity contribution in [1.29, 1.82) is 0 Å². The Balaban J connectivity index is 1.76. The van der Waals surface area contributed by atoms with Gasteiger partial charge < -0.3 is 15.2 Å². The number of nitrogens with two attached hydrogens (primary N) is 1. The molecule has 0 saturated heterocycles. The molecule has 1 aliphatic carbocycles. The SMILES string of the molecule is CC(N)(O)C(=O)N[C@H](COCC1CCCCC1)c1nnc2ccc(Cl)cn12. The van der Waals surface area contributed by atoms with Crippen molar-refractivity contribution >= 4 is 23.2 Å². The number of rotatable bonds is 7. The molecule has 0 spiro atoms. The highest BCUT2D eigenvalue weighted by molar-refractivity contribution is 6.30. The minimum atomic E-state index is -2.00. The Morgan fingerprint density at radius 3 is 2.89 bits per heavy atom. The van der Waals surface area contributed by atoms with Crippen LogP contribution >= 0.6 is 11.6 Å². The molecule has 2 aromatic heterocycles. The zero-order chi connectivity index (χ0) is 19.4. The summed E-state index contributed by atoms with van der Waals surface area (Å²) in [4.78, 5) is 12.2. The van der Waals surface area contributed by atoms with Gasteiger partial charge in [0.05, 0.1) is 11.6 Å². The molecule has 1 fully saturated rings. The second-order valence-electron chi connectivity index (χ2n) is 7.35. The average Bonchev–Trinajstić information content (AvgIpc) is 3.03. The lowest BCUT2D eigenvalue weighted by Crippen LogP contribution is -2.53. The van der Waals surface area contributed by atoms with Crippen molar-refractivity contribution in [2.24, 2.45) is 11.7 Å². The highest BCUT2D eigenvalue weighted by Gasteiger charge is 2.30. The van der Waals surface area contributed by atoms with Crippen LogP contribution in [0.3, 0.4) is 0 Å². The van der Waals surface area contributed by atoms with Gasteiger partial charge in [-0.05, 0) is 37.8 Å². The van der Waals surface area contributed by atoms with E-state index in [1.54, 1.807) is 22.7 Å². The van der Waals surface area contributed by atoms with E-state index in [1.807, 2.05) is 0 Å². The topological polar surface area (TPSA) is 115 Å². The van der Waals surface area contributed by atoms with Gasteiger partial charge in [-0.2, -0.15) is 0 Å². The zero-order valence-electron chi connectivity index (χ0n) is 15.4. The monoisotopic (exact) mass is 395 g/mol. The third-order valence-corrected chi connectivity index (χ3v) is 5.06. The Hall–Kier alpha value is -1.74. The molecule has 8 nitrogen and oxygen atoms in total. The van der Waals surface area contributed by atoms with E-state index < -0.39 is 17.7 Å². The molecule has 1 saturated carbocycles. The van der Waals surface area contributed by atoms with Crippen LogP contribution in [-0.2, 0) is 9.53 Å². The summed E-state index contributed by atoms with van der Waals surface area (Å²) in [5.74, 6) is 0.290. The van der Waals surface area contributed by atoms with Crippen molar-refractivity contribution in [1.82, 2.24) is 19.9 Å². The maximum Gasteiger partial charge on any atom is 0.267 e. The molecule has 0 aromatic carbocycles. The first-order chi connectivity index (χ1) is 12.8. The van der Waals surface area contributed by atoms with Crippen LogP contribution in [0.2, 0.25) is 5.02 Å². The van der Waals surface area contributed by atoms with E-state index in [0.717, 1.165) is 12.8 Å². The molecule has 0 aliphatic heterocycles. The standard InChI is InChI=1S/C18H26ClN5O3/c1-18(20,26)17(25)21-14(11-27-10-12-5-3-2-4-6-12)16-23-22-15-8-7-13(19)9-24(15)16/h7-9,12,14,26H,2-6,10-11,20H2,1H3,(H,21,25)/t14-,18?/m1/s1. The molecule has 1 unspecified atom stereocenters. The number of carbonyl (C=O) groups excluding carboxylic acids is 1. The lowest BCUT2D eigenvalue weighted by Gasteiger charge is -2.25. The Kier molecular flexibility index (Phi) is 6.31. The van der Waals surface area contributed by atoms with Crippen LogP contribution in [0.5, 0.6) is 0 Å². The molecular weight excluding hydrogens is 370 g/mol. The quantitative estimate of drug-likeness (QED) is 0.616. The molecule has 9 heteroatoms. The van der Waals surface area contributed by atoms with Crippen LogP contribution in [0.4, 0.5) is 0 Å². The summed E-state index contributed by atoms with van der Waals surface area (Å²) in [7, 11) is 0. The van der Waals surface area contributed by atoms with Gasteiger partial charge in [0.25, 0.3) is 5.91 Å². The summed E-state index contributed by atoms with van der Waals surface area (Å²) in [6.07, 6.45) is 7.76. The fourth-order valence-electron chi connectivity index (χ4n) is 3.31. The summed E-state index contributed by atoms with van der Waals surface area (Å²) in [6.45, 7) is 2.05. The molecule has 0 radical (unpaired) electrons. The molecule has 1 aliphatic rings. The zero-order valence-corrected chi connectivity index (χ0v) is 16.2. The van der Waals surface area contributed by atoms with E-state index >= 15 is 0 Å². The summed E-state index contributed by atoms with van der Waals surface area (Å²) in [5, 5.41) is 21.3. The van der Waals surface area contributed by atoms with Gasteiger partial charge in [0, 0.05) is 12.8 Å². The molecule has 2 atom stereocenters. The van der Waals surface area contributed by atoms with Gasteiger partial charge in [-0.15, -0.1) is 10.2 Å². The second kappa shape index (κ2) is 8.52. The number of hydrogen-bond acceptors (Lipinski definition) is 6. The highest BCUT2D eigenvalue weighted by Crippen LogP contribution is 2.24. The number of pyridine rings is 1. The number of ether oxygens (including phenoxy) is 1. The van der Waals surface area contributed by atoms with Crippen molar-refractivity contribution in [3.8, 4) is 0 Å². The van der Waals surface area contributed by atoms with Gasteiger partial charge >= 0.3 is 0 Å². The van der Waals surface area contributed by atoms with Crippen molar-refractivity contribution < 1.29 is 14.6 Å². The summed E-state index contributed by atoms with van der Waals surface area (Å²) < 4.78 is 7.60. The summed E-state index contributed by atoms with van der Waals surface area (Å²) >= 11 is 6.08. The van der Waals surface area contributed by atoms with Gasteiger partial charge in [-0.25, -0.2) is 0 Å². The Morgan fingerprint density at radius 1 is 1.44 bits per heavy atom. The lowest BCUT2D eigenvalue weighted by atomic mass is 9.90. The third-order valence-electron chi connectivity index (χ3n) is 4.83. The first-order valence-corrected chi connectivity index (χ1v) is 9.62. The van der Waals surface area contributed by atoms with Gasteiger partial charge in [0.1, 0.15) is 6.04 Å². The summed E-state index contributed by atoms with van der Waals surface area (Å²) in [6, 6.07) is 2.83. The molecule has 0 bridgehead atoms. The van der Waals surface area contributed by atoms with Crippen molar-refractivity contribution in [2.45, 2.75) is 50.8 Å². The number of hydrogen-bond donors (Lipinski definition) is 3. The minimum absolute atomic E-state index is 0.200. The fourth-order valence-corrected chi connectivity index (χ4v) is 3.47. The van der Waals surface area contributed by atoms with Crippen LogP contribution < -0.4 is 11.1 Å². The molecule has 2 heterocycles. The van der Waals surface area contributed by atoms with Gasteiger partial charge in [-0.1, -0.05) is 30.9 Å². The lowest BCUT2D eigenvalue weighted by molar-refractivity contribution is -0.139. The summed E-state index contributed by atoms with van der Waals surface area (Å²) in [5.41, 5.74) is 4.10. The Morgan fingerprint density at radius 2 is 2.19 bits per heavy atom. The number of nitrogens with one attached hydrogen (secondary N) is 1. The van der Waals surface area contributed by atoms with Crippen molar-refractivity contribution in [3.05, 3.63) is 29.2 Å². The third kappa shape index (κ3) is 5.16. The predicted molar refractivity (Wildman–Crippen MR) is 101 cm³/mol. The van der Waals surface area contributed by atoms with E-state index in [1.165, 1.54) is 26.2 Å². The Labute approximate surface area is 163 Å². The smallest absolute Gasteiger partial charge is 0.267 e. The first-order valence-electron chi connectivity index (χ1n) is 9.25. The van der Waals surface area contributed by atoms with Gasteiger partial charge in [-0.3, -0.25) is 14.9 Å². The molecule has 4 N–H and O–H groups in total. The van der Waals surface area contributed by atoms with Crippen molar-refractivity contribution in [2.75, 3.05) is 13.2 Å². The first kappa shape index (κ1) is 20.0. The predicted octanol–water partition coefficient (Wildman–Crippen LogP) is 1.80. The maximum absolute atomic E-state index is 12.2. The van der Waals surface area contributed by atoms with Crippen LogP contribution in [0.15, 0.2) is 18.3 Å². The van der Waals surface area contributed by atoms with E-state index in [2.05, 4.69) is 15.5 Å². The number of carbonyl (C=O) groups is 1. The number of nitrogens with zero attached hydrogens (tertiary/aromatic N) is 3. The van der Waals surface area contributed by atoms with Crippen LogP contribution in [0, 0.1) is 5.92 Å². The van der Waals surface area contributed by atoms with E-state index in [0.29, 0.717) is 29.0 Å². The molecule has 3 rings (SSSR count). The second-order valence-corrected chi connectivity index (χ2v) is 7.79. The largest absolute Gasteiger partial charge is 0.379 e. The number of fused-ring (bicyclic) bond motifs is 1. The molecular formula is C18H26ClN5O3. The molecule has 27 heavy (non-hydrogen) atoms. The minimum Gasteiger partial charge on any atom is -0.379 e. The van der Waals surface area contributed by atoms with E-state index in [9.17, 15) is 9.90 Å². The highest BCUT2D eigenvalue weighted by atomic mass is 35.5. The average molecular weight is 396 g/mol. The molecule has 1 amide bonds. The normalized spacial score (nSPS) is 19.0. The van der Waals surface area contributed by atoms with Gasteiger partial charge in [0.15, 0.2) is 17.2 Å². The molecule has 148 valence electrons. The van der Waals surface area contributed by atoms with E-state index in [-0.39, 0.29) is 6.61 Å². The fraction of sp³-hybridized carbons (Fsp3) is 0.611. The number of amides is 1. The Bertz CT molecular complexity index is 783. The van der Waals surface area contributed by atoms with Crippen molar-refractivity contribution in [3.63, 3.8) is 0 Å². The van der Waals surface area contributed by atoms with Crippen LogP contribution in [0.1, 0.15) is 50.9 Å². The number of aliphatic hydroxyl groups is 1. The van der Waals surface area contributed by atoms with Crippen LogP contribution in [-0.4, -0.2) is 44.6 Å². The van der Waals surface area contributed by atoms with Gasteiger partial charge in [0.2, 0.25) is 0 Å². The number of halogens is 1.